The predicted molar refractivity (Wildman–Crippen MR) is 105 cm³/mol. The van der Waals surface area contributed by atoms with Crippen LogP contribution in [-0.4, -0.2) is 4.98 Å². The van der Waals surface area contributed by atoms with Crippen LogP contribution in [0, 0.1) is 6.92 Å². The summed E-state index contributed by atoms with van der Waals surface area (Å²) >= 11 is 3.66. The Morgan fingerprint density at radius 2 is 1.50 bits per heavy atom. The van der Waals surface area contributed by atoms with E-state index in [1.54, 1.807) is 0 Å². The van der Waals surface area contributed by atoms with E-state index in [-0.39, 0.29) is 0 Å². The fourth-order valence-electron chi connectivity index (χ4n) is 2.94. The molecule has 0 unspecified atom stereocenters. The normalized spacial score (nSPS) is 10.9. The maximum atomic E-state index is 4.91. The Labute approximate surface area is 150 Å². The van der Waals surface area contributed by atoms with Gasteiger partial charge in [0.05, 0.1) is 11.2 Å². The number of aryl methyl sites for hydroxylation is 1. The van der Waals surface area contributed by atoms with Crippen molar-refractivity contribution in [1.82, 2.24) is 4.98 Å². The van der Waals surface area contributed by atoms with Gasteiger partial charge in [0.1, 0.15) is 0 Å². The van der Waals surface area contributed by atoms with Gasteiger partial charge in [-0.2, -0.15) is 0 Å². The van der Waals surface area contributed by atoms with E-state index >= 15 is 0 Å². The molecular formula is C22H16BrN. The van der Waals surface area contributed by atoms with Gasteiger partial charge in [0.2, 0.25) is 0 Å². The molecule has 0 N–H and O–H groups in total. The second kappa shape index (κ2) is 6.21. The van der Waals surface area contributed by atoms with Crippen molar-refractivity contribution in [2.45, 2.75) is 6.92 Å². The summed E-state index contributed by atoms with van der Waals surface area (Å²) < 4.78 is 1.02. The predicted octanol–water partition coefficient (Wildman–Crippen LogP) is 6.64. The lowest BCUT2D eigenvalue weighted by Crippen LogP contribution is -1.91. The highest BCUT2D eigenvalue weighted by molar-refractivity contribution is 9.10. The van der Waals surface area contributed by atoms with Crippen molar-refractivity contribution in [3.05, 3.63) is 88.9 Å². The Bertz CT molecular complexity index is 1010. The van der Waals surface area contributed by atoms with Crippen LogP contribution in [0.2, 0.25) is 0 Å². The van der Waals surface area contributed by atoms with Crippen LogP contribution in [0.5, 0.6) is 0 Å². The molecule has 0 atom stereocenters. The van der Waals surface area contributed by atoms with E-state index in [1.807, 2.05) is 12.1 Å². The van der Waals surface area contributed by atoms with Crippen LogP contribution in [0.1, 0.15) is 5.56 Å². The number of benzene rings is 3. The van der Waals surface area contributed by atoms with Crippen molar-refractivity contribution < 1.29 is 0 Å². The van der Waals surface area contributed by atoms with Crippen LogP contribution >= 0.6 is 15.9 Å². The van der Waals surface area contributed by atoms with Crippen molar-refractivity contribution in [1.29, 1.82) is 0 Å². The molecule has 0 saturated heterocycles. The molecule has 3 aromatic carbocycles. The van der Waals surface area contributed by atoms with Gasteiger partial charge in [-0.3, -0.25) is 0 Å². The quantitative estimate of drug-likeness (QED) is 0.383. The number of rotatable bonds is 2. The van der Waals surface area contributed by atoms with Gasteiger partial charge in [0, 0.05) is 15.4 Å². The van der Waals surface area contributed by atoms with Crippen molar-refractivity contribution in [3.8, 4) is 22.4 Å². The van der Waals surface area contributed by atoms with Gasteiger partial charge < -0.3 is 0 Å². The van der Waals surface area contributed by atoms with Gasteiger partial charge in [-0.15, -0.1) is 0 Å². The molecule has 2 heteroatoms. The molecule has 1 aromatic heterocycles. The number of hydrogen-bond donors (Lipinski definition) is 0. The van der Waals surface area contributed by atoms with E-state index in [0.717, 1.165) is 26.6 Å². The second-order valence-corrected chi connectivity index (χ2v) is 6.78. The summed E-state index contributed by atoms with van der Waals surface area (Å²) in [6, 6.07) is 27.4. The first-order chi connectivity index (χ1) is 11.7. The van der Waals surface area contributed by atoms with E-state index in [9.17, 15) is 0 Å². The van der Waals surface area contributed by atoms with Crippen LogP contribution in [0.15, 0.2) is 83.3 Å². The van der Waals surface area contributed by atoms with Crippen LogP contribution in [0.3, 0.4) is 0 Å². The summed E-state index contributed by atoms with van der Waals surface area (Å²) in [5, 5.41) is 1.16. The van der Waals surface area contributed by atoms with E-state index in [1.165, 1.54) is 16.7 Å². The van der Waals surface area contributed by atoms with Gasteiger partial charge in [0.15, 0.2) is 0 Å². The average molecular weight is 374 g/mol. The Morgan fingerprint density at radius 1 is 0.750 bits per heavy atom. The van der Waals surface area contributed by atoms with Crippen molar-refractivity contribution in [2.24, 2.45) is 0 Å². The lowest BCUT2D eigenvalue weighted by atomic mass is 9.98. The number of aromatic nitrogens is 1. The SMILES string of the molecule is Cc1ccc(-c2cc(-c3ccccc3)c3cccc(Br)c3n2)cc1. The molecule has 0 aliphatic heterocycles. The smallest absolute Gasteiger partial charge is 0.0857 e. The highest BCUT2D eigenvalue weighted by atomic mass is 79.9. The summed E-state index contributed by atoms with van der Waals surface area (Å²) in [6.07, 6.45) is 0. The van der Waals surface area contributed by atoms with Gasteiger partial charge >= 0.3 is 0 Å². The second-order valence-electron chi connectivity index (χ2n) is 5.92. The monoisotopic (exact) mass is 373 g/mol. The standard InChI is InChI=1S/C22H16BrN/c1-15-10-12-17(13-11-15)21-14-19(16-6-3-2-4-7-16)18-8-5-9-20(23)22(18)24-21/h2-14H,1H3. The molecule has 0 bridgehead atoms. The molecule has 0 saturated carbocycles. The lowest BCUT2D eigenvalue weighted by molar-refractivity contribution is 1.38. The maximum Gasteiger partial charge on any atom is 0.0857 e. The first kappa shape index (κ1) is 15.1. The summed E-state index contributed by atoms with van der Waals surface area (Å²) in [5.41, 5.74) is 6.79. The van der Waals surface area contributed by atoms with Crippen LogP contribution in [-0.2, 0) is 0 Å². The minimum Gasteiger partial charge on any atom is -0.247 e. The van der Waals surface area contributed by atoms with Crippen molar-refractivity contribution >= 4 is 26.8 Å². The van der Waals surface area contributed by atoms with Gasteiger partial charge in [-0.05, 0) is 46.1 Å². The van der Waals surface area contributed by atoms with Gasteiger partial charge in [-0.1, -0.05) is 72.3 Å². The summed E-state index contributed by atoms with van der Waals surface area (Å²) in [6.45, 7) is 2.10. The molecule has 1 nitrogen and oxygen atoms in total. The first-order valence-electron chi connectivity index (χ1n) is 7.94. The lowest BCUT2D eigenvalue weighted by Gasteiger charge is -2.11. The van der Waals surface area contributed by atoms with Crippen LogP contribution < -0.4 is 0 Å². The molecular weight excluding hydrogens is 358 g/mol. The zero-order valence-electron chi connectivity index (χ0n) is 13.3. The van der Waals surface area contributed by atoms with E-state index in [0.29, 0.717) is 0 Å². The molecule has 4 rings (SSSR count). The van der Waals surface area contributed by atoms with Gasteiger partial charge in [-0.25, -0.2) is 4.98 Å². The molecule has 0 spiro atoms. The number of pyridine rings is 1. The zero-order chi connectivity index (χ0) is 16.5. The molecule has 0 aliphatic rings. The van der Waals surface area contributed by atoms with E-state index in [4.69, 9.17) is 4.98 Å². The molecule has 0 radical (unpaired) electrons. The Balaban J connectivity index is 2.03. The molecule has 24 heavy (non-hydrogen) atoms. The highest BCUT2D eigenvalue weighted by Gasteiger charge is 2.11. The number of para-hydroxylation sites is 1. The summed E-state index contributed by atoms with van der Waals surface area (Å²) in [4.78, 5) is 4.91. The molecule has 0 amide bonds. The minimum atomic E-state index is 0.994. The van der Waals surface area contributed by atoms with Crippen LogP contribution in [0.4, 0.5) is 0 Å². The van der Waals surface area contributed by atoms with Crippen LogP contribution in [0.25, 0.3) is 33.3 Å². The molecule has 4 aromatic rings. The Kier molecular flexibility index (Phi) is 3.91. The highest BCUT2D eigenvalue weighted by Crippen LogP contribution is 2.34. The summed E-state index contributed by atoms with van der Waals surface area (Å²) in [7, 11) is 0. The van der Waals surface area contributed by atoms with Gasteiger partial charge in [0.25, 0.3) is 0 Å². The number of nitrogens with zero attached hydrogens (tertiary/aromatic N) is 1. The number of hydrogen-bond acceptors (Lipinski definition) is 1. The topological polar surface area (TPSA) is 12.9 Å². The molecule has 116 valence electrons. The number of halogens is 1. The third kappa shape index (κ3) is 2.74. The minimum absolute atomic E-state index is 0.994. The average Bonchev–Trinajstić information content (AvgIpc) is 2.63. The van der Waals surface area contributed by atoms with E-state index < -0.39 is 0 Å². The number of fused-ring (bicyclic) bond motifs is 1. The largest absolute Gasteiger partial charge is 0.247 e. The third-order valence-electron chi connectivity index (χ3n) is 4.22. The Morgan fingerprint density at radius 3 is 2.25 bits per heavy atom. The van der Waals surface area contributed by atoms with Crippen molar-refractivity contribution in [2.75, 3.05) is 0 Å². The first-order valence-corrected chi connectivity index (χ1v) is 8.73. The molecule has 0 aliphatic carbocycles. The fraction of sp³-hybridized carbons (Fsp3) is 0.0455. The Hall–Kier alpha value is -2.45. The zero-order valence-corrected chi connectivity index (χ0v) is 14.9. The van der Waals surface area contributed by atoms with Crippen molar-refractivity contribution in [3.63, 3.8) is 0 Å². The maximum absolute atomic E-state index is 4.91. The van der Waals surface area contributed by atoms with E-state index in [2.05, 4.69) is 89.6 Å². The summed E-state index contributed by atoms with van der Waals surface area (Å²) in [5.74, 6) is 0. The molecule has 1 heterocycles. The molecule has 0 fully saturated rings. The fourth-order valence-corrected chi connectivity index (χ4v) is 3.40. The third-order valence-corrected chi connectivity index (χ3v) is 4.86.